The smallest absolute Gasteiger partial charge is 0.416 e. The lowest BCUT2D eigenvalue weighted by molar-refractivity contribution is -0.144. The number of esters is 1. The van der Waals surface area contributed by atoms with Crippen molar-refractivity contribution in [3.63, 3.8) is 0 Å². The molecular formula is C24H23F4NO3. The Kier molecular flexibility index (Phi) is 6.71. The number of alkyl halides is 3. The topological polar surface area (TPSA) is 46.6 Å². The molecule has 0 saturated carbocycles. The SMILES string of the molecule is CC1=C(C(=O)OC(C)C)C(c2ccc(C(F)(F)F)cc2)CC(=O)N1Cc1ccc(F)cc1. The number of amides is 1. The molecule has 0 fully saturated rings. The number of nitrogens with zero attached hydrogens (tertiary/aromatic N) is 1. The van der Waals surface area contributed by atoms with E-state index in [9.17, 15) is 27.2 Å². The second-order valence-electron chi connectivity index (χ2n) is 7.94. The van der Waals surface area contributed by atoms with Gasteiger partial charge in [0.2, 0.25) is 5.91 Å². The van der Waals surface area contributed by atoms with E-state index in [1.54, 1.807) is 32.9 Å². The quantitative estimate of drug-likeness (QED) is 0.442. The highest BCUT2D eigenvalue weighted by Gasteiger charge is 2.38. The van der Waals surface area contributed by atoms with Crippen molar-refractivity contribution in [3.8, 4) is 0 Å². The van der Waals surface area contributed by atoms with Crippen molar-refractivity contribution >= 4 is 11.9 Å². The number of ether oxygens (including phenoxy) is 1. The van der Waals surface area contributed by atoms with E-state index < -0.39 is 35.5 Å². The van der Waals surface area contributed by atoms with E-state index in [-0.39, 0.29) is 24.4 Å². The molecule has 2 aromatic carbocycles. The zero-order valence-corrected chi connectivity index (χ0v) is 17.9. The lowest BCUT2D eigenvalue weighted by atomic mass is 9.83. The fourth-order valence-electron chi connectivity index (χ4n) is 3.71. The first-order valence-corrected chi connectivity index (χ1v) is 10.1. The van der Waals surface area contributed by atoms with Gasteiger partial charge in [0.1, 0.15) is 5.82 Å². The monoisotopic (exact) mass is 449 g/mol. The van der Waals surface area contributed by atoms with Crippen molar-refractivity contribution in [2.75, 3.05) is 0 Å². The van der Waals surface area contributed by atoms with Gasteiger partial charge >= 0.3 is 12.1 Å². The number of halogens is 4. The molecule has 0 saturated heterocycles. The number of rotatable bonds is 5. The van der Waals surface area contributed by atoms with E-state index in [1.165, 1.54) is 29.2 Å². The first kappa shape index (κ1) is 23.5. The Morgan fingerprint density at radius 3 is 2.22 bits per heavy atom. The van der Waals surface area contributed by atoms with E-state index >= 15 is 0 Å². The van der Waals surface area contributed by atoms with E-state index in [1.807, 2.05) is 0 Å². The van der Waals surface area contributed by atoms with E-state index in [2.05, 4.69) is 0 Å². The summed E-state index contributed by atoms with van der Waals surface area (Å²) in [6.07, 6.45) is -5.01. The first-order chi connectivity index (χ1) is 15.0. The van der Waals surface area contributed by atoms with Gasteiger partial charge in [-0.2, -0.15) is 13.2 Å². The molecule has 0 radical (unpaired) electrons. The fourth-order valence-corrected chi connectivity index (χ4v) is 3.71. The van der Waals surface area contributed by atoms with Crippen molar-refractivity contribution in [1.82, 2.24) is 4.90 Å². The molecule has 170 valence electrons. The molecule has 1 aliphatic rings. The standard InChI is InChI=1S/C24H23F4NO3/c1-14(2)32-23(31)22-15(3)29(13-16-4-10-19(25)11-5-16)21(30)12-20(22)17-6-8-18(9-7-17)24(26,27)28/h4-11,14,20H,12-13H2,1-3H3. The number of benzene rings is 2. The van der Waals surface area contributed by atoms with Gasteiger partial charge in [-0.15, -0.1) is 0 Å². The number of carbonyl (C=O) groups is 2. The second kappa shape index (κ2) is 9.14. The van der Waals surface area contributed by atoms with Crippen LogP contribution in [0.1, 0.15) is 49.8 Å². The fraction of sp³-hybridized carbons (Fsp3) is 0.333. The van der Waals surface area contributed by atoms with Crippen molar-refractivity contribution < 1.29 is 31.9 Å². The number of carbonyl (C=O) groups excluding carboxylic acids is 2. The maximum Gasteiger partial charge on any atom is 0.416 e. The van der Waals surface area contributed by atoms with Crippen molar-refractivity contribution in [1.29, 1.82) is 0 Å². The summed E-state index contributed by atoms with van der Waals surface area (Å²) in [4.78, 5) is 27.3. The summed E-state index contributed by atoms with van der Waals surface area (Å²) >= 11 is 0. The Labute approximate surface area is 183 Å². The summed E-state index contributed by atoms with van der Waals surface area (Å²) < 4.78 is 57.5. The van der Waals surface area contributed by atoms with Crippen LogP contribution in [0, 0.1) is 5.82 Å². The van der Waals surface area contributed by atoms with E-state index in [0.717, 1.165) is 12.1 Å². The van der Waals surface area contributed by atoms with Crippen LogP contribution in [0.15, 0.2) is 59.8 Å². The summed E-state index contributed by atoms with van der Waals surface area (Å²) in [5.74, 6) is -2.06. The summed E-state index contributed by atoms with van der Waals surface area (Å²) in [7, 11) is 0. The summed E-state index contributed by atoms with van der Waals surface area (Å²) in [5.41, 5.74) is 0.862. The van der Waals surface area contributed by atoms with Crippen molar-refractivity contribution in [2.45, 2.75) is 51.9 Å². The molecule has 4 nitrogen and oxygen atoms in total. The number of allylic oxidation sites excluding steroid dienone is 1. The minimum atomic E-state index is -4.49. The highest BCUT2D eigenvalue weighted by Crippen LogP contribution is 2.39. The van der Waals surface area contributed by atoms with Crippen LogP contribution in [0.25, 0.3) is 0 Å². The molecule has 0 bridgehead atoms. The van der Waals surface area contributed by atoms with Crippen LogP contribution >= 0.6 is 0 Å². The summed E-state index contributed by atoms with van der Waals surface area (Å²) in [6.45, 7) is 5.11. The minimum absolute atomic E-state index is 0.105. The molecule has 0 spiro atoms. The Bertz CT molecular complexity index is 1020. The molecule has 32 heavy (non-hydrogen) atoms. The van der Waals surface area contributed by atoms with Crippen LogP contribution in [-0.4, -0.2) is 22.9 Å². The van der Waals surface area contributed by atoms with Crippen molar-refractivity contribution in [2.24, 2.45) is 0 Å². The van der Waals surface area contributed by atoms with Gasteiger partial charge in [-0.05, 0) is 56.2 Å². The van der Waals surface area contributed by atoms with Crippen LogP contribution in [-0.2, 0) is 27.0 Å². The van der Waals surface area contributed by atoms with Gasteiger partial charge in [-0.1, -0.05) is 24.3 Å². The highest BCUT2D eigenvalue weighted by molar-refractivity contribution is 5.96. The molecule has 1 aliphatic heterocycles. The lowest BCUT2D eigenvalue weighted by Gasteiger charge is -2.35. The number of hydrogen-bond acceptors (Lipinski definition) is 3. The van der Waals surface area contributed by atoms with Gasteiger partial charge in [0.25, 0.3) is 0 Å². The Morgan fingerprint density at radius 2 is 1.69 bits per heavy atom. The van der Waals surface area contributed by atoms with Gasteiger partial charge in [-0.25, -0.2) is 9.18 Å². The van der Waals surface area contributed by atoms with Gasteiger partial charge < -0.3 is 9.64 Å². The molecule has 1 atom stereocenters. The third-order valence-corrected chi connectivity index (χ3v) is 5.28. The average molecular weight is 449 g/mol. The predicted octanol–water partition coefficient (Wildman–Crippen LogP) is 5.59. The zero-order valence-electron chi connectivity index (χ0n) is 17.9. The third-order valence-electron chi connectivity index (χ3n) is 5.28. The molecule has 3 rings (SSSR count). The lowest BCUT2D eigenvalue weighted by Crippen LogP contribution is -2.38. The average Bonchev–Trinajstić information content (AvgIpc) is 2.71. The van der Waals surface area contributed by atoms with E-state index in [4.69, 9.17) is 4.74 Å². The summed E-state index contributed by atoms with van der Waals surface area (Å²) in [6, 6.07) is 10.1. The van der Waals surface area contributed by atoms with Crippen LogP contribution in [0.5, 0.6) is 0 Å². The molecule has 0 N–H and O–H groups in total. The molecule has 8 heteroatoms. The Hall–Kier alpha value is -3.16. The molecule has 1 unspecified atom stereocenters. The number of hydrogen-bond donors (Lipinski definition) is 0. The zero-order chi connectivity index (χ0) is 23.6. The Balaban J connectivity index is 2.01. The highest BCUT2D eigenvalue weighted by atomic mass is 19.4. The predicted molar refractivity (Wildman–Crippen MR) is 110 cm³/mol. The van der Waals surface area contributed by atoms with Gasteiger partial charge in [0, 0.05) is 18.0 Å². The third kappa shape index (κ3) is 5.18. The van der Waals surface area contributed by atoms with Gasteiger partial charge in [0.15, 0.2) is 0 Å². The van der Waals surface area contributed by atoms with Crippen LogP contribution in [0.4, 0.5) is 17.6 Å². The minimum Gasteiger partial charge on any atom is -0.460 e. The molecule has 0 aromatic heterocycles. The molecule has 1 heterocycles. The van der Waals surface area contributed by atoms with Gasteiger partial charge in [0.05, 0.1) is 23.8 Å². The normalized spacial score (nSPS) is 17.2. The first-order valence-electron chi connectivity index (χ1n) is 10.1. The van der Waals surface area contributed by atoms with Crippen molar-refractivity contribution in [3.05, 3.63) is 82.3 Å². The van der Waals surface area contributed by atoms with E-state index in [0.29, 0.717) is 16.8 Å². The molecule has 1 amide bonds. The van der Waals surface area contributed by atoms with Crippen LogP contribution < -0.4 is 0 Å². The maximum atomic E-state index is 13.2. The summed E-state index contributed by atoms with van der Waals surface area (Å²) in [5, 5.41) is 0. The molecule has 0 aliphatic carbocycles. The Morgan fingerprint density at radius 1 is 1.09 bits per heavy atom. The largest absolute Gasteiger partial charge is 0.460 e. The molecule has 2 aromatic rings. The van der Waals surface area contributed by atoms with Gasteiger partial charge in [-0.3, -0.25) is 4.79 Å². The second-order valence-corrected chi connectivity index (χ2v) is 7.94. The van der Waals surface area contributed by atoms with Crippen LogP contribution in [0.2, 0.25) is 0 Å². The maximum absolute atomic E-state index is 13.2. The molecular weight excluding hydrogens is 426 g/mol. The van der Waals surface area contributed by atoms with Crippen LogP contribution in [0.3, 0.4) is 0 Å².